The van der Waals surface area contributed by atoms with Gasteiger partial charge in [0, 0.05) is 18.4 Å². The van der Waals surface area contributed by atoms with E-state index in [1.807, 2.05) is 25.5 Å². The van der Waals surface area contributed by atoms with Crippen molar-refractivity contribution in [2.45, 2.75) is 45.1 Å². The van der Waals surface area contributed by atoms with Gasteiger partial charge in [-0.25, -0.2) is 0 Å². The van der Waals surface area contributed by atoms with Crippen LogP contribution in [0.25, 0.3) is 0 Å². The number of unbranched alkanes of at least 4 members (excludes halogenated alkanes) is 3. The van der Waals surface area contributed by atoms with E-state index in [-0.39, 0.29) is 0 Å². The molecule has 0 aliphatic carbocycles. The van der Waals surface area contributed by atoms with E-state index in [1.165, 1.54) is 37.7 Å². The second-order valence-corrected chi connectivity index (χ2v) is 3.98. The van der Waals surface area contributed by atoms with Crippen LogP contribution in [0.3, 0.4) is 0 Å². The molecule has 0 aliphatic rings. The summed E-state index contributed by atoms with van der Waals surface area (Å²) in [4.78, 5) is 4.16. The monoisotopic (exact) mass is 206 g/mol. The standard InChI is InChI=1S/C13H22N2/c1-3-4-5-6-9-13(14-2)12-8-7-10-15-11-12/h7-8,10-11,13-14H,3-6,9H2,1-2H3. The lowest BCUT2D eigenvalue weighted by molar-refractivity contribution is 0.504. The average molecular weight is 206 g/mol. The molecule has 0 aromatic carbocycles. The molecule has 1 rings (SSSR count). The highest BCUT2D eigenvalue weighted by Crippen LogP contribution is 2.18. The van der Waals surface area contributed by atoms with Crippen molar-refractivity contribution in [3.8, 4) is 0 Å². The lowest BCUT2D eigenvalue weighted by Gasteiger charge is -2.15. The van der Waals surface area contributed by atoms with Crippen molar-refractivity contribution < 1.29 is 0 Å². The first-order chi connectivity index (χ1) is 7.38. The summed E-state index contributed by atoms with van der Waals surface area (Å²) >= 11 is 0. The molecular formula is C13H22N2. The Balaban J connectivity index is 2.36. The van der Waals surface area contributed by atoms with Crippen LogP contribution >= 0.6 is 0 Å². The van der Waals surface area contributed by atoms with Gasteiger partial charge in [-0.2, -0.15) is 0 Å². The summed E-state index contributed by atoms with van der Waals surface area (Å²) in [5.74, 6) is 0. The summed E-state index contributed by atoms with van der Waals surface area (Å²) < 4.78 is 0. The van der Waals surface area contributed by atoms with Gasteiger partial charge in [0.05, 0.1) is 0 Å². The first-order valence-corrected chi connectivity index (χ1v) is 5.95. The second kappa shape index (κ2) is 7.41. The molecule has 84 valence electrons. The van der Waals surface area contributed by atoms with Crippen LogP contribution in [-0.2, 0) is 0 Å². The number of aromatic nitrogens is 1. The molecule has 0 radical (unpaired) electrons. The average Bonchev–Trinajstić information content (AvgIpc) is 2.30. The molecule has 0 fully saturated rings. The first-order valence-electron chi connectivity index (χ1n) is 5.95. The number of hydrogen-bond donors (Lipinski definition) is 1. The minimum absolute atomic E-state index is 0.468. The van der Waals surface area contributed by atoms with E-state index >= 15 is 0 Å². The van der Waals surface area contributed by atoms with E-state index in [1.54, 1.807) is 0 Å². The minimum Gasteiger partial charge on any atom is -0.313 e. The molecule has 15 heavy (non-hydrogen) atoms. The van der Waals surface area contributed by atoms with Crippen molar-refractivity contribution in [2.24, 2.45) is 0 Å². The van der Waals surface area contributed by atoms with Crippen LogP contribution in [0.4, 0.5) is 0 Å². The van der Waals surface area contributed by atoms with Gasteiger partial charge < -0.3 is 5.32 Å². The van der Waals surface area contributed by atoms with Crippen LogP contribution in [0.15, 0.2) is 24.5 Å². The van der Waals surface area contributed by atoms with Gasteiger partial charge in [-0.15, -0.1) is 0 Å². The van der Waals surface area contributed by atoms with Crippen LogP contribution in [0.5, 0.6) is 0 Å². The molecule has 1 atom stereocenters. The van der Waals surface area contributed by atoms with Crippen LogP contribution < -0.4 is 5.32 Å². The predicted molar refractivity (Wildman–Crippen MR) is 64.8 cm³/mol. The number of nitrogens with one attached hydrogen (secondary N) is 1. The predicted octanol–water partition coefficient (Wildman–Crippen LogP) is 3.31. The molecule has 0 bridgehead atoms. The fraction of sp³-hybridized carbons (Fsp3) is 0.615. The van der Waals surface area contributed by atoms with E-state index < -0.39 is 0 Å². The zero-order valence-corrected chi connectivity index (χ0v) is 9.87. The van der Waals surface area contributed by atoms with E-state index in [0.29, 0.717) is 6.04 Å². The van der Waals surface area contributed by atoms with Gasteiger partial charge in [0.25, 0.3) is 0 Å². The van der Waals surface area contributed by atoms with Crippen molar-refractivity contribution >= 4 is 0 Å². The summed E-state index contributed by atoms with van der Waals surface area (Å²) in [5.41, 5.74) is 1.30. The maximum absolute atomic E-state index is 4.16. The van der Waals surface area contributed by atoms with Crippen molar-refractivity contribution in [3.63, 3.8) is 0 Å². The highest BCUT2D eigenvalue weighted by Gasteiger charge is 2.07. The van der Waals surface area contributed by atoms with Crippen molar-refractivity contribution in [1.29, 1.82) is 0 Å². The van der Waals surface area contributed by atoms with Crippen molar-refractivity contribution in [1.82, 2.24) is 10.3 Å². The molecule has 2 nitrogen and oxygen atoms in total. The molecule has 1 aromatic heterocycles. The highest BCUT2D eigenvalue weighted by atomic mass is 14.9. The molecule has 0 aliphatic heterocycles. The largest absolute Gasteiger partial charge is 0.313 e. The lowest BCUT2D eigenvalue weighted by atomic mass is 10.0. The van der Waals surface area contributed by atoms with E-state index in [9.17, 15) is 0 Å². The Morgan fingerprint density at radius 2 is 2.20 bits per heavy atom. The van der Waals surface area contributed by atoms with Gasteiger partial charge in [0.1, 0.15) is 0 Å². The zero-order valence-electron chi connectivity index (χ0n) is 9.87. The molecule has 0 saturated carbocycles. The normalized spacial score (nSPS) is 12.7. The Bertz CT molecular complexity index is 246. The second-order valence-electron chi connectivity index (χ2n) is 3.98. The summed E-state index contributed by atoms with van der Waals surface area (Å²) in [6, 6.07) is 4.62. The number of rotatable bonds is 7. The summed E-state index contributed by atoms with van der Waals surface area (Å²) in [7, 11) is 2.03. The molecule has 1 N–H and O–H groups in total. The fourth-order valence-corrected chi connectivity index (χ4v) is 1.84. The van der Waals surface area contributed by atoms with Gasteiger partial charge in [-0.1, -0.05) is 38.7 Å². The SMILES string of the molecule is CCCCCCC(NC)c1cccnc1. The summed E-state index contributed by atoms with van der Waals surface area (Å²) in [5, 5.41) is 3.36. The first kappa shape index (κ1) is 12.2. The molecule has 1 unspecified atom stereocenters. The maximum atomic E-state index is 4.16. The van der Waals surface area contributed by atoms with E-state index in [0.717, 1.165) is 0 Å². The third-order valence-electron chi connectivity index (χ3n) is 2.78. The van der Waals surface area contributed by atoms with Gasteiger partial charge in [-0.3, -0.25) is 4.98 Å². The Labute approximate surface area is 93.1 Å². The maximum Gasteiger partial charge on any atom is 0.0332 e. The number of pyridine rings is 1. The van der Waals surface area contributed by atoms with Crippen LogP contribution in [0.2, 0.25) is 0 Å². The number of nitrogens with zero attached hydrogens (tertiary/aromatic N) is 1. The molecule has 1 heterocycles. The highest BCUT2D eigenvalue weighted by molar-refractivity contribution is 5.13. The smallest absolute Gasteiger partial charge is 0.0332 e. The summed E-state index contributed by atoms with van der Waals surface area (Å²) in [6.45, 7) is 2.25. The Morgan fingerprint density at radius 3 is 2.80 bits per heavy atom. The Hall–Kier alpha value is -0.890. The van der Waals surface area contributed by atoms with Gasteiger partial charge in [0.2, 0.25) is 0 Å². The van der Waals surface area contributed by atoms with Gasteiger partial charge in [-0.05, 0) is 25.1 Å². The Morgan fingerprint density at radius 1 is 1.33 bits per heavy atom. The lowest BCUT2D eigenvalue weighted by Crippen LogP contribution is -2.16. The molecule has 0 saturated heterocycles. The minimum atomic E-state index is 0.468. The van der Waals surface area contributed by atoms with Gasteiger partial charge >= 0.3 is 0 Å². The topological polar surface area (TPSA) is 24.9 Å². The molecule has 1 aromatic rings. The molecule has 0 amide bonds. The third kappa shape index (κ3) is 4.43. The van der Waals surface area contributed by atoms with Gasteiger partial charge in [0.15, 0.2) is 0 Å². The Kier molecular flexibility index (Phi) is 6.02. The van der Waals surface area contributed by atoms with Crippen molar-refractivity contribution in [3.05, 3.63) is 30.1 Å². The summed E-state index contributed by atoms with van der Waals surface area (Å²) in [6.07, 6.45) is 10.3. The van der Waals surface area contributed by atoms with Crippen LogP contribution in [0.1, 0.15) is 50.6 Å². The number of hydrogen-bond acceptors (Lipinski definition) is 2. The zero-order chi connectivity index (χ0) is 10.9. The van der Waals surface area contributed by atoms with Crippen LogP contribution in [0, 0.1) is 0 Å². The van der Waals surface area contributed by atoms with Crippen LogP contribution in [-0.4, -0.2) is 12.0 Å². The molecule has 0 spiro atoms. The van der Waals surface area contributed by atoms with Crippen molar-refractivity contribution in [2.75, 3.05) is 7.05 Å². The molecule has 2 heteroatoms. The van der Waals surface area contributed by atoms with E-state index in [2.05, 4.69) is 23.3 Å². The third-order valence-corrected chi connectivity index (χ3v) is 2.78. The van der Waals surface area contributed by atoms with E-state index in [4.69, 9.17) is 0 Å². The fourth-order valence-electron chi connectivity index (χ4n) is 1.84. The quantitative estimate of drug-likeness (QED) is 0.692. The molecular weight excluding hydrogens is 184 g/mol.